The molecule has 0 unspecified atom stereocenters. The van der Waals surface area contributed by atoms with Crippen LogP contribution in [0.3, 0.4) is 0 Å². The van der Waals surface area contributed by atoms with E-state index in [1.54, 1.807) is 16.8 Å². The number of ether oxygens (including phenoxy) is 3. The van der Waals surface area contributed by atoms with E-state index in [1.165, 1.54) is 0 Å². The fourth-order valence-electron chi connectivity index (χ4n) is 4.20. The Morgan fingerprint density at radius 1 is 1.00 bits per heavy atom. The molecule has 9 heteroatoms. The van der Waals surface area contributed by atoms with Crippen LogP contribution in [0.1, 0.15) is 37.9 Å². The first-order valence-corrected chi connectivity index (χ1v) is 10.5. The van der Waals surface area contributed by atoms with Crippen LogP contribution in [0.25, 0.3) is 5.69 Å². The lowest BCUT2D eigenvalue weighted by Gasteiger charge is -2.36. The predicted molar refractivity (Wildman–Crippen MR) is 111 cm³/mol. The lowest BCUT2D eigenvalue weighted by Crippen LogP contribution is -2.50. The number of amides is 1. The second kappa shape index (κ2) is 8.25. The van der Waals surface area contributed by atoms with Gasteiger partial charge in [-0.1, -0.05) is 37.5 Å². The minimum absolute atomic E-state index is 0.484. The number of hydrogen-bond donors (Lipinski definition) is 1. The van der Waals surface area contributed by atoms with Crippen molar-refractivity contribution in [1.82, 2.24) is 25.5 Å². The second-order valence-corrected chi connectivity index (χ2v) is 7.71. The van der Waals surface area contributed by atoms with Crippen molar-refractivity contribution in [3.05, 3.63) is 54.4 Å². The van der Waals surface area contributed by atoms with Crippen molar-refractivity contribution in [3.63, 3.8) is 0 Å². The number of fused-ring (bicyclic) bond motifs is 1. The van der Waals surface area contributed by atoms with E-state index in [0.717, 1.165) is 37.8 Å². The Kier molecular flexibility index (Phi) is 5.15. The van der Waals surface area contributed by atoms with Crippen molar-refractivity contribution in [2.45, 2.75) is 37.6 Å². The third kappa shape index (κ3) is 3.90. The summed E-state index contributed by atoms with van der Waals surface area (Å²) < 4.78 is 18.5. The Morgan fingerprint density at radius 2 is 1.77 bits per heavy atom. The maximum absolute atomic E-state index is 12.8. The molecule has 1 N–H and O–H groups in total. The monoisotopic (exact) mass is 421 g/mol. The number of rotatable bonds is 4. The molecule has 0 spiro atoms. The Bertz CT molecular complexity index is 1060. The molecular formula is C22H23N5O4. The van der Waals surface area contributed by atoms with Gasteiger partial charge in [0.2, 0.25) is 0 Å². The van der Waals surface area contributed by atoms with Gasteiger partial charge in [0.1, 0.15) is 24.5 Å². The minimum atomic E-state index is -0.721. The summed E-state index contributed by atoms with van der Waals surface area (Å²) in [6, 6.07) is 14.6. The van der Waals surface area contributed by atoms with Gasteiger partial charge in [-0.3, -0.25) is 0 Å². The van der Waals surface area contributed by atoms with Crippen molar-refractivity contribution in [2.75, 3.05) is 13.2 Å². The molecule has 0 atom stereocenters. The standard InChI is InChI=1S/C22H23N5O4/c28-21(31-17-7-3-1-4-8-17)23-22(11-5-2-6-12-22)20-24-25-26-27(20)16-9-10-18-19(15-16)30-14-13-29-18/h1,3-4,7-10,15H,2,5-6,11-14H2,(H,23,28). The Labute approximate surface area is 179 Å². The van der Waals surface area contributed by atoms with Crippen molar-refractivity contribution in [2.24, 2.45) is 0 Å². The first-order chi connectivity index (χ1) is 15.2. The van der Waals surface area contributed by atoms with E-state index in [-0.39, 0.29) is 0 Å². The van der Waals surface area contributed by atoms with Crippen LogP contribution in [0, 0.1) is 0 Å². The number of carbonyl (C=O) groups is 1. The van der Waals surface area contributed by atoms with Crippen LogP contribution in [0.15, 0.2) is 48.5 Å². The van der Waals surface area contributed by atoms with Gasteiger partial charge in [0, 0.05) is 6.07 Å². The molecule has 1 aliphatic heterocycles. The summed E-state index contributed by atoms with van der Waals surface area (Å²) in [5.74, 6) is 2.41. The average molecular weight is 421 g/mol. The highest BCUT2D eigenvalue weighted by atomic mass is 16.6. The van der Waals surface area contributed by atoms with Crippen LogP contribution in [0.4, 0.5) is 4.79 Å². The zero-order valence-corrected chi connectivity index (χ0v) is 17.0. The summed E-state index contributed by atoms with van der Waals surface area (Å²) in [4.78, 5) is 12.8. The van der Waals surface area contributed by atoms with Gasteiger partial charge < -0.3 is 19.5 Å². The molecule has 160 valence electrons. The molecule has 2 aliphatic rings. The third-order valence-electron chi connectivity index (χ3n) is 5.67. The quantitative estimate of drug-likeness (QED) is 0.689. The molecule has 2 heterocycles. The molecular weight excluding hydrogens is 398 g/mol. The molecule has 0 bridgehead atoms. The average Bonchev–Trinajstić information content (AvgIpc) is 3.31. The van der Waals surface area contributed by atoms with Crippen molar-refractivity contribution >= 4 is 6.09 Å². The fourth-order valence-corrected chi connectivity index (χ4v) is 4.20. The number of nitrogens with one attached hydrogen (secondary N) is 1. The van der Waals surface area contributed by atoms with Crippen LogP contribution in [-0.2, 0) is 5.54 Å². The van der Waals surface area contributed by atoms with E-state index in [2.05, 4.69) is 20.8 Å². The fraction of sp³-hybridized carbons (Fsp3) is 0.364. The number of hydrogen-bond acceptors (Lipinski definition) is 7. The molecule has 0 radical (unpaired) electrons. The first kappa shape index (κ1) is 19.3. The van der Waals surface area contributed by atoms with Crippen molar-refractivity contribution in [1.29, 1.82) is 0 Å². The van der Waals surface area contributed by atoms with Crippen LogP contribution in [0.5, 0.6) is 17.2 Å². The van der Waals surface area contributed by atoms with Crippen LogP contribution in [-0.4, -0.2) is 39.5 Å². The third-order valence-corrected chi connectivity index (χ3v) is 5.67. The minimum Gasteiger partial charge on any atom is -0.486 e. The molecule has 1 aromatic heterocycles. The highest BCUT2D eigenvalue weighted by molar-refractivity contribution is 5.71. The van der Waals surface area contributed by atoms with Gasteiger partial charge in [-0.2, -0.15) is 4.68 Å². The van der Waals surface area contributed by atoms with Crippen molar-refractivity contribution in [3.8, 4) is 22.9 Å². The van der Waals surface area contributed by atoms with Crippen LogP contribution >= 0.6 is 0 Å². The lowest BCUT2D eigenvalue weighted by atomic mass is 9.81. The summed E-state index contributed by atoms with van der Waals surface area (Å²) in [6.07, 6.45) is 3.94. The van der Waals surface area contributed by atoms with E-state index >= 15 is 0 Å². The number of tetrazole rings is 1. The summed E-state index contributed by atoms with van der Waals surface area (Å²) in [5, 5.41) is 15.5. The van der Waals surface area contributed by atoms with Gasteiger partial charge in [0.25, 0.3) is 0 Å². The van der Waals surface area contributed by atoms with E-state index in [1.807, 2.05) is 36.4 Å². The second-order valence-electron chi connectivity index (χ2n) is 7.71. The van der Waals surface area contributed by atoms with Gasteiger partial charge >= 0.3 is 6.09 Å². The van der Waals surface area contributed by atoms with Gasteiger partial charge in [0.05, 0.1) is 5.69 Å². The zero-order valence-electron chi connectivity index (χ0n) is 17.0. The lowest BCUT2D eigenvalue weighted by molar-refractivity contribution is 0.162. The number of para-hydroxylation sites is 1. The van der Waals surface area contributed by atoms with E-state index < -0.39 is 11.6 Å². The SMILES string of the molecule is O=C(NC1(c2nnnn2-c2ccc3c(c2)OCCO3)CCCCC1)Oc1ccccc1. The number of nitrogens with zero attached hydrogens (tertiary/aromatic N) is 4. The largest absolute Gasteiger partial charge is 0.486 e. The maximum Gasteiger partial charge on any atom is 0.413 e. The van der Waals surface area contributed by atoms with Crippen molar-refractivity contribution < 1.29 is 19.0 Å². The van der Waals surface area contributed by atoms with Gasteiger partial charge in [-0.05, 0) is 47.5 Å². The molecule has 1 fully saturated rings. The molecule has 9 nitrogen and oxygen atoms in total. The topological polar surface area (TPSA) is 100 Å². The van der Waals surface area contributed by atoms with E-state index in [4.69, 9.17) is 14.2 Å². The van der Waals surface area contributed by atoms with E-state index in [0.29, 0.717) is 36.3 Å². The molecule has 3 aromatic rings. The maximum atomic E-state index is 12.8. The smallest absolute Gasteiger partial charge is 0.413 e. The molecule has 31 heavy (non-hydrogen) atoms. The van der Waals surface area contributed by atoms with E-state index in [9.17, 15) is 4.79 Å². The summed E-state index contributed by atoms with van der Waals surface area (Å²) in [5.41, 5.74) is 0.0216. The molecule has 1 saturated carbocycles. The van der Waals surface area contributed by atoms with Gasteiger partial charge in [-0.15, -0.1) is 5.10 Å². The predicted octanol–water partition coefficient (Wildman–Crippen LogP) is 3.38. The molecule has 2 aromatic carbocycles. The number of benzene rings is 2. The molecule has 5 rings (SSSR count). The number of carbonyl (C=O) groups excluding carboxylic acids is 1. The Balaban J connectivity index is 1.46. The summed E-state index contributed by atoms with van der Waals surface area (Å²) in [7, 11) is 0. The normalized spacial score (nSPS) is 17.0. The van der Waals surface area contributed by atoms with Gasteiger partial charge in [-0.25, -0.2) is 4.79 Å². The van der Waals surface area contributed by atoms with Crippen LogP contribution in [0.2, 0.25) is 0 Å². The zero-order chi connectivity index (χ0) is 21.1. The molecule has 0 saturated heterocycles. The van der Waals surface area contributed by atoms with Gasteiger partial charge in [0.15, 0.2) is 17.3 Å². The Hall–Kier alpha value is -3.62. The summed E-state index contributed by atoms with van der Waals surface area (Å²) >= 11 is 0. The molecule has 1 amide bonds. The molecule has 1 aliphatic carbocycles. The first-order valence-electron chi connectivity index (χ1n) is 10.5. The highest BCUT2D eigenvalue weighted by Gasteiger charge is 2.41. The number of aromatic nitrogens is 4. The Morgan fingerprint density at radius 3 is 2.58 bits per heavy atom. The summed E-state index contributed by atoms with van der Waals surface area (Å²) in [6.45, 7) is 1.02. The van der Waals surface area contributed by atoms with Crippen LogP contribution < -0.4 is 19.5 Å². The highest BCUT2D eigenvalue weighted by Crippen LogP contribution is 2.38.